The number of imide groups is 2. The molecule has 7 heteroatoms. The number of para-hydroxylation sites is 1. The second kappa shape index (κ2) is 8.87. The summed E-state index contributed by atoms with van der Waals surface area (Å²) in [6, 6.07) is 26.2. The van der Waals surface area contributed by atoms with Gasteiger partial charge in [0.25, 0.3) is 11.8 Å². The van der Waals surface area contributed by atoms with Crippen molar-refractivity contribution in [1.82, 2.24) is 9.88 Å². The Bertz CT molecular complexity index is 1750. The second-order valence-corrected chi connectivity index (χ2v) is 8.80. The number of anilines is 1. The zero-order valence-electron chi connectivity index (χ0n) is 19.5. The van der Waals surface area contributed by atoms with Crippen LogP contribution in [0.2, 0.25) is 0 Å². The molecule has 0 radical (unpaired) electrons. The summed E-state index contributed by atoms with van der Waals surface area (Å²) in [5.74, 6) is -2.05. The number of aromatic nitrogens is 1. The topological polar surface area (TPSA) is 71.4 Å². The highest BCUT2D eigenvalue weighted by Gasteiger charge is 2.37. The second-order valence-electron chi connectivity index (χ2n) is 8.80. The van der Waals surface area contributed by atoms with E-state index in [0.717, 1.165) is 44.3 Å². The third-order valence-corrected chi connectivity index (χ3v) is 6.53. The summed E-state index contributed by atoms with van der Waals surface area (Å²) in [5, 5.41) is 5.38. The molecule has 37 heavy (non-hydrogen) atoms. The molecule has 0 aliphatic carbocycles. The van der Waals surface area contributed by atoms with E-state index in [1.54, 1.807) is 0 Å². The molecule has 1 N–H and O–H groups in total. The van der Waals surface area contributed by atoms with E-state index in [2.05, 4.69) is 34.1 Å². The minimum absolute atomic E-state index is 0.167. The number of nitrogens with zero attached hydrogens (tertiary/aromatic N) is 2. The number of hydrogen-bond donors (Lipinski definition) is 1. The van der Waals surface area contributed by atoms with E-state index in [1.165, 1.54) is 18.2 Å². The number of hydrogen-bond acceptors (Lipinski definition) is 3. The lowest BCUT2D eigenvalue weighted by molar-refractivity contribution is -0.122. The van der Waals surface area contributed by atoms with Gasteiger partial charge in [-0.25, -0.2) is 14.1 Å². The van der Waals surface area contributed by atoms with E-state index in [9.17, 15) is 18.8 Å². The Labute approximate surface area is 211 Å². The lowest BCUT2D eigenvalue weighted by Gasteiger charge is -2.26. The van der Waals surface area contributed by atoms with Crippen molar-refractivity contribution in [2.45, 2.75) is 6.54 Å². The van der Waals surface area contributed by atoms with Gasteiger partial charge in [-0.05, 0) is 52.7 Å². The third kappa shape index (κ3) is 3.96. The summed E-state index contributed by atoms with van der Waals surface area (Å²) in [5.41, 5.74) is 2.73. The van der Waals surface area contributed by atoms with Crippen LogP contribution in [0.5, 0.6) is 0 Å². The summed E-state index contributed by atoms with van der Waals surface area (Å²) in [4.78, 5) is 39.3. The number of barbiturate groups is 1. The van der Waals surface area contributed by atoms with Gasteiger partial charge in [-0.2, -0.15) is 0 Å². The predicted octanol–water partition coefficient (Wildman–Crippen LogP) is 5.65. The monoisotopic (exact) mass is 489 g/mol. The molecule has 1 fully saturated rings. The summed E-state index contributed by atoms with van der Waals surface area (Å²) in [6.07, 6.45) is 3.40. The van der Waals surface area contributed by atoms with Gasteiger partial charge in [0.15, 0.2) is 0 Å². The van der Waals surface area contributed by atoms with Crippen LogP contribution >= 0.6 is 0 Å². The molecule has 1 aromatic heterocycles. The van der Waals surface area contributed by atoms with Crippen LogP contribution < -0.4 is 10.2 Å². The van der Waals surface area contributed by atoms with E-state index < -0.39 is 23.7 Å². The number of carbonyl (C=O) groups excluding carboxylic acids is 3. The van der Waals surface area contributed by atoms with Gasteiger partial charge in [-0.1, -0.05) is 60.7 Å². The molecule has 1 aliphatic heterocycles. The zero-order valence-corrected chi connectivity index (χ0v) is 19.5. The van der Waals surface area contributed by atoms with Gasteiger partial charge < -0.3 is 4.57 Å². The first-order valence-electron chi connectivity index (χ1n) is 11.7. The summed E-state index contributed by atoms with van der Waals surface area (Å²) in [6.45, 7) is 0.589. The summed E-state index contributed by atoms with van der Waals surface area (Å²) < 4.78 is 15.5. The third-order valence-electron chi connectivity index (χ3n) is 6.53. The minimum atomic E-state index is -0.878. The molecule has 0 bridgehead atoms. The zero-order chi connectivity index (χ0) is 25.5. The number of halogens is 1. The van der Waals surface area contributed by atoms with Crippen molar-refractivity contribution in [3.63, 3.8) is 0 Å². The number of urea groups is 1. The van der Waals surface area contributed by atoms with Gasteiger partial charge in [0, 0.05) is 29.2 Å². The van der Waals surface area contributed by atoms with E-state index >= 15 is 0 Å². The molecule has 6 nitrogen and oxygen atoms in total. The summed E-state index contributed by atoms with van der Waals surface area (Å²) >= 11 is 0. The Balaban J connectivity index is 1.43. The van der Waals surface area contributed by atoms with Crippen molar-refractivity contribution in [1.29, 1.82) is 0 Å². The number of carbonyl (C=O) groups is 3. The molecule has 180 valence electrons. The average molecular weight is 490 g/mol. The van der Waals surface area contributed by atoms with Crippen LogP contribution in [-0.2, 0) is 16.1 Å². The van der Waals surface area contributed by atoms with Gasteiger partial charge in [-0.3, -0.25) is 14.9 Å². The van der Waals surface area contributed by atoms with Gasteiger partial charge in [0.05, 0.1) is 5.69 Å². The highest BCUT2D eigenvalue weighted by atomic mass is 19.1. The fraction of sp³-hybridized carbons (Fsp3) is 0.0333. The van der Waals surface area contributed by atoms with Crippen molar-refractivity contribution >= 4 is 51.3 Å². The van der Waals surface area contributed by atoms with Crippen molar-refractivity contribution in [3.8, 4) is 0 Å². The van der Waals surface area contributed by atoms with Crippen molar-refractivity contribution in [2.24, 2.45) is 0 Å². The molecule has 5 aromatic rings. The first-order valence-corrected chi connectivity index (χ1v) is 11.7. The number of fused-ring (bicyclic) bond motifs is 2. The minimum Gasteiger partial charge on any atom is -0.342 e. The maximum Gasteiger partial charge on any atom is 0.335 e. The standard InChI is InChI=1S/C30H20FN3O3/c31-22-12-14-23(15-13-22)34-29(36)26(28(35)32-30(34)37)16-21-18-33(27-11-4-3-10-25(21)27)17-20-8-5-7-19-6-1-2-9-24(19)20/h1-16,18H,17H2,(H,32,35,37)/b26-16-. The molecule has 1 aliphatic rings. The Morgan fingerprint density at radius 3 is 2.30 bits per heavy atom. The number of nitrogens with one attached hydrogen (secondary N) is 1. The van der Waals surface area contributed by atoms with Crippen LogP contribution in [0.3, 0.4) is 0 Å². The number of benzene rings is 4. The molecular formula is C30H20FN3O3. The number of rotatable bonds is 4. The number of amides is 4. The molecule has 0 unspecified atom stereocenters. The van der Waals surface area contributed by atoms with Gasteiger partial charge in [-0.15, -0.1) is 0 Å². The van der Waals surface area contributed by atoms with Crippen LogP contribution in [0, 0.1) is 5.82 Å². The maximum atomic E-state index is 13.4. The lowest BCUT2D eigenvalue weighted by Crippen LogP contribution is -2.54. The molecule has 4 aromatic carbocycles. The maximum absolute atomic E-state index is 13.4. The van der Waals surface area contributed by atoms with Crippen LogP contribution in [-0.4, -0.2) is 22.4 Å². The highest BCUT2D eigenvalue weighted by molar-refractivity contribution is 6.39. The van der Waals surface area contributed by atoms with Crippen molar-refractivity contribution < 1.29 is 18.8 Å². The van der Waals surface area contributed by atoms with Crippen LogP contribution in [0.1, 0.15) is 11.1 Å². The Morgan fingerprint density at radius 1 is 0.784 bits per heavy atom. The molecule has 4 amide bonds. The van der Waals surface area contributed by atoms with E-state index in [1.807, 2.05) is 48.7 Å². The van der Waals surface area contributed by atoms with Crippen molar-refractivity contribution in [2.75, 3.05) is 4.90 Å². The van der Waals surface area contributed by atoms with Gasteiger partial charge in [0.2, 0.25) is 0 Å². The molecule has 0 saturated carbocycles. The van der Waals surface area contributed by atoms with Crippen molar-refractivity contribution in [3.05, 3.63) is 120 Å². The Morgan fingerprint density at radius 2 is 1.49 bits per heavy atom. The van der Waals surface area contributed by atoms with Crippen LogP contribution in [0.15, 0.2) is 103 Å². The van der Waals surface area contributed by atoms with Crippen LogP contribution in [0.4, 0.5) is 14.9 Å². The molecule has 6 rings (SSSR count). The molecular weight excluding hydrogens is 469 g/mol. The Kier molecular flexibility index (Phi) is 5.38. The molecule has 1 saturated heterocycles. The lowest BCUT2D eigenvalue weighted by atomic mass is 10.0. The largest absolute Gasteiger partial charge is 0.342 e. The normalized spacial score (nSPS) is 15.1. The van der Waals surface area contributed by atoms with Gasteiger partial charge in [0.1, 0.15) is 11.4 Å². The van der Waals surface area contributed by atoms with E-state index in [0.29, 0.717) is 12.1 Å². The van der Waals surface area contributed by atoms with E-state index in [-0.39, 0.29) is 11.3 Å². The van der Waals surface area contributed by atoms with Gasteiger partial charge >= 0.3 is 6.03 Å². The fourth-order valence-corrected chi connectivity index (χ4v) is 4.77. The van der Waals surface area contributed by atoms with Crippen LogP contribution in [0.25, 0.3) is 27.8 Å². The van der Waals surface area contributed by atoms with E-state index in [4.69, 9.17) is 0 Å². The molecule has 0 spiro atoms. The summed E-state index contributed by atoms with van der Waals surface area (Å²) in [7, 11) is 0. The smallest absolute Gasteiger partial charge is 0.335 e. The first kappa shape index (κ1) is 22.4. The highest BCUT2D eigenvalue weighted by Crippen LogP contribution is 2.28. The molecule has 2 heterocycles. The average Bonchev–Trinajstić information content (AvgIpc) is 3.25. The first-order chi connectivity index (χ1) is 18.0. The molecule has 0 atom stereocenters. The predicted molar refractivity (Wildman–Crippen MR) is 140 cm³/mol. The SMILES string of the molecule is O=C1NC(=O)N(c2ccc(F)cc2)C(=O)/C1=C\c1cn(Cc2cccc3ccccc23)c2ccccc12. The Hall–Kier alpha value is -5.04. The fourth-order valence-electron chi connectivity index (χ4n) is 4.77. The quantitative estimate of drug-likeness (QED) is 0.262.